The van der Waals surface area contributed by atoms with E-state index in [2.05, 4.69) is 0 Å². The number of benzene rings is 1. The van der Waals surface area contributed by atoms with Crippen molar-refractivity contribution in [2.75, 3.05) is 13.1 Å². The predicted molar refractivity (Wildman–Crippen MR) is 93.4 cm³/mol. The summed E-state index contributed by atoms with van der Waals surface area (Å²) in [6.07, 6.45) is 6.55. The molecule has 1 aliphatic carbocycles. The molecule has 0 bridgehead atoms. The number of amides is 1. The highest BCUT2D eigenvalue weighted by Gasteiger charge is 2.36. The normalized spacial score (nSPS) is 23.9. The van der Waals surface area contributed by atoms with Crippen molar-refractivity contribution in [3.8, 4) is 0 Å². The number of carbonyl (C=O) groups is 2. The van der Waals surface area contributed by atoms with Gasteiger partial charge < -0.3 is 10.0 Å². The van der Waals surface area contributed by atoms with Gasteiger partial charge in [-0.2, -0.15) is 0 Å². The van der Waals surface area contributed by atoms with E-state index in [9.17, 15) is 14.7 Å². The van der Waals surface area contributed by atoms with Gasteiger partial charge >= 0.3 is 5.97 Å². The van der Waals surface area contributed by atoms with Crippen molar-refractivity contribution >= 4 is 18.0 Å². The maximum atomic E-state index is 12.6. The first-order valence-corrected chi connectivity index (χ1v) is 8.82. The minimum atomic E-state index is -1.01. The van der Waals surface area contributed by atoms with Gasteiger partial charge in [-0.1, -0.05) is 37.1 Å². The fourth-order valence-corrected chi connectivity index (χ4v) is 4.01. The Morgan fingerprint density at radius 1 is 1.17 bits per heavy atom. The number of carboxylic acids is 1. The highest BCUT2D eigenvalue weighted by Crippen LogP contribution is 2.36. The summed E-state index contributed by atoms with van der Waals surface area (Å²) >= 11 is 0. The molecular weight excluding hydrogens is 302 g/mol. The number of carbonyl (C=O) groups excluding carboxylic acids is 1. The quantitative estimate of drug-likeness (QED) is 0.861. The zero-order chi connectivity index (χ0) is 17.1. The average Bonchev–Trinajstić information content (AvgIpc) is 3.00. The number of likely N-dealkylation sites (tertiary alicyclic amines) is 1. The lowest BCUT2D eigenvalue weighted by atomic mass is 9.82. The zero-order valence-electron chi connectivity index (χ0n) is 14.2. The van der Waals surface area contributed by atoms with Crippen molar-refractivity contribution < 1.29 is 14.7 Å². The second-order valence-electron chi connectivity index (χ2n) is 7.11. The summed E-state index contributed by atoms with van der Waals surface area (Å²) in [4.78, 5) is 26.1. The van der Waals surface area contributed by atoms with Gasteiger partial charge in [-0.3, -0.25) is 4.79 Å². The van der Waals surface area contributed by atoms with Gasteiger partial charge in [0.15, 0.2) is 0 Å². The van der Waals surface area contributed by atoms with Crippen LogP contribution in [-0.4, -0.2) is 35.0 Å². The Morgan fingerprint density at radius 2 is 1.79 bits per heavy atom. The van der Waals surface area contributed by atoms with Crippen LogP contribution in [0.5, 0.6) is 0 Å². The second kappa shape index (κ2) is 7.20. The van der Waals surface area contributed by atoms with Crippen molar-refractivity contribution in [2.45, 2.75) is 39.0 Å². The SMILES string of the molecule is Cc1ccccc1C=C(CC(=O)N1C[C@H]2CCCC[C@H]2C1)C(=O)O. The topological polar surface area (TPSA) is 57.6 Å². The molecule has 0 radical (unpaired) electrons. The molecule has 4 nitrogen and oxygen atoms in total. The zero-order valence-corrected chi connectivity index (χ0v) is 14.2. The number of hydrogen-bond donors (Lipinski definition) is 1. The molecule has 0 spiro atoms. The van der Waals surface area contributed by atoms with Crippen LogP contribution in [0.15, 0.2) is 29.8 Å². The molecule has 4 heteroatoms. The Bertz CT molecular complexity index is 651. The smallest absolute Gasteiger partial charge is 0.332 e. The summed E-state index contributed by atoms with van der Waals surface area (Å²) in [5.74, 6) is 0.183. The summed E-state index contributed by atoms with van der Waals surface area (Å²) in [7, 11) is 0. The highest BCUT2D eigenvalue weighted by molar-refractivity contribution is 5.98. The molecule has 0 aromatic heterocycles. The third-order valence-electron chi connectivity index (χ3n) is 5.46. The third kappa shape index (κ3) is 3.69. The third-order valence-corrected chi connectivity index (χ3v) is 5.46. The molecule has 128 valence electrons. The van der Waals surface area contributed by atoms with Gasteiger partial charge in [0.05, 0.1) is 6.42 Å². The fourth-order valence-electron chi connectivity index (χ4n) is 4.01. The standard InChI is InChI=1S/C20H25NO3/c1-14-6-2-3-7-15(14)10-18(20(23)24)11-19(22)21-12-16-8-4-5-9-17(16)13-21/h2-3,6-7,10,16-17H,4-5,8-9,11-13H2,1H3,(H,23,24)/t16-,17+. The average molecular weight is 327 g/mol. The van der Waals surface area contributed by atoms with Gasteiger partial charge in [-0.25, -0.2) is 4.79 Å². The van der Waals surface area contributed by atoms with E-state index in [0.29, 0.717) is 11.8 Å². The Balaban J connectivity index is 1.71. The molecule has 1 heterocycles. The van der Waals surface area contributed by atoms with Crippen LogP contribution in [0.2, 0.25) is 0 Å². The Hall–Kier alpha value is -2.10. The summed E-state index contributed by atoms with van der Waals surface area (Å²) < 4.78 is 0. The number of aryl methyl sites for hydroxylation is 1. The number of hydrogen-bond acceptors (Lipinski definition) is 2. The lowest BCUT2D eigenvalue weighted by Crippen LogP contribution is -2.29. The van der Waals surface area contributed by atoms with Gasteiger partial charge in [0, 0.05) is 18.7 Å². The maximum absolute atomic E-state index is 12.6. The molecule has 1 aromatic rings. The monoisotopic (exact) mass is 327 g/mol. The molecule has 1 saturated heterocycles. The first kappa shape index (κ1) is 16.7. The summed E-state index contributed by atoms with van der Waals surface area (Å²) in [6.45, 7) is 3.56. The molecule has 1 N–H and O–H groups in total. The van der Waals surface area contributed by atoms with Crippen molar-refractivity contribution in [3.05, 3.63) is 41.0 Å². The predicted octanol–water partition coefficient (Wildman–Crippen LogP) is 3.50. The van der Waals surface area contributed by atoms with Crippen LogP contribution >= 0.6 is 0 Å². The van der Waals surface area contributed by atoms with E-state index in [1.807, 2.05) is 36.1 Å². The minimum absolute atomic E-state index is 0.0247. The van der Waals surface area contributed by atoms with Crippen molar-refractivity contribution in [1.82, 2.24) is 4.90 Å². The molecule has 3 rings (SSSR count). The first-order chi connectivity index (χ1) is 11.5. The second-order valence-corrected chi connectivity index (χ2v) is 7.11. The summed E-state index contributed by atoms with van der Waals surface area (Å²) in [5, 5.41) is 9.48. The molecule has 1 aromatic carbocycles. The maximum Gasteiger partial charge on any atom is 0.332 e. The van der Waals surface area contributed by atoms with Gasteiger partial charge in [0.2, 0.25) is 5.91 Å². The van der Waals surface area contributed by atoms with E-state index >= 15 is 0 Å². The van der Waals surface area contributed by atoms with Gasteiger partial charge in [0.25, 0.3) is 0 Å². The van der Waals surface area contributed by atoms with Crippen molar-refractivity contribution in [1.29, 1.82) is 0 Å². The van der Waals surface area contributed by atoms with E-state index in [4.69, 9.17) is 0 Å². The molecule has 1 amide bonds. The molecule has 1 saturated carbocycles. The minimum Gasteiger partial charge on any atom is -0.478 e. The van der Waals surface area contributed by atoms with E-state index in [1.165, 1.54) is 25.7 Å². The summed E-state index contributed by atoms with van der Waals surface area (Å²) in [6, 6.07) is 7.63. The van der Waals surface area contributed by atoms with Gasteiger partial charge in [-0.05, 0) is 48.8 Å². The molecule has 2 fully saturated rings. The van der Waals surface area contributed by atoms with E-state index in [0.717, 1.165) is 24.2 Å². The number of fused-ring (bicyclic) bond motifs is 1. The van der Waals surface area contributed by atoms with E-state index in [-0.39, 0.29) is 17.9 Å². The number of rotatable bonds is 4. The molecular formula is C20H25NO3. The Labute approximate surface area is 143 Å². The van der Waals surface area contributed by atoms with Crippen molar-refractivity contribution in [3.63, 3.8) is 0 Å². The summed E-state index contributed by atoms with van der Waals surface area (Å²) in [5.41, 5.74) is 2.04. The van der Waals surface area contributed by atoms with Crippen LogP contribution in [0.3, 0.4) is 0 Å². The molecule has 1 aliphatic heterocycles. The Morgan fingerprint density at radius 3 is 2.38 bits per heavy atom. The van der Waals surface area contributed by atoms with Crippen LogP contribution in [0.1, 0.15) is 43.2 Å². The fraction of sp³-hybridized carbons (Fsp3) is 0.500. The van der Waals surface area contributed by atoms with Crippen LogP contribution < -0.4 is 0 Å². The largest absolute Gasteiger partial charge is 0.478 e. The van der Waals surface area contributed by atoms with Crippen LogP contribution in [0.25, 0.3) is 6.08 Å². The lowest BCUT2D eigenvalue weighted by molar-refractivity contribution is -0.136. The van der Waals surface area contributed by atoms with Crippen LogP contribution in [0, 0.1) is 18.8 Å². The van der Waals surface area contributed by atoms with Gasteiger partial charge in [0.1, 0.15) is 0 Å². The van der Waals surface area contributed by atoms with Crippen LogP contribution in [-0.2, 0) is 9.59 Å². The molecule has 2 aliphatic rings. The molecule has 0 unspecified atom stereocenters. The van der Waals surface area contributed by atoms with Crippen LogP contribution in [0.4, 0.5) is 0 Å². The number of carboxylic acid groups (broad SMARTS) is 1. The first-order valence-electron chi connectivity index (χ1n) is 8.82. The lowest BCUT2D eigenvalue weighted by Gasteiger charge is -2.22. The van der Waals surface area contributed by atoms with E-state index in [1.54, 1.807) is 6.08 Å². The number of aliphatic carboxylic acids is 1. The number of nitrogens with zero attached hydrogens (tertiary/aromatic N) is 1. The molecule has 24 heavy (non-hydrogen) atoms. The molecule has 2 atom stereocenters. The Kier molecular flexibility index (Phi) is 5.03. The van der Waals surface area contributed by atoms with Crippen molar-refractivity contribution in [2.24, 2.45) is 11.8 Å². The van der Waals surface area contributed by atoms with E-state index < -0.39 is 5.97 Å². The van der Waals surface area contributed by atoms with Gasteiger partial charge in [-0.15, -0.1) is 0 Å². The highest BCUT2D eigenvalue weighted by atomic mass is 16.4.